The number of hydrogen-bond acceptors (Lipinski definition) is 3. The molecule has 0 aliphatic carbocycles. The van der Waals surface area contributed by atoms with Crippen LogP contribution in [-0.4, -0.2) is 24.4 Å². The predicted octanol–water partition coefficient (Wildman–Crippen LogP) is 1.59. The van der Waals surface area contributed by atoms with Crippen molar-refractivity contribution in [3.8, 4) is 0 Å². The van der Waals surface area contributed by atoms with Gasteiger partial charge in [0.15, 0.2) is 10.1 Å². The second kappa shape index (κ2) is 11.2. The molecule has 0 N–H and O–H groups in total. The molecule has 0 unspecified atom stereocenters. The van der Waals surface area contributed by atoms with Gasteiger partial charge in [0.25, 0.3) is 0 Å². The number of unbranched alkanes of at least 4 members (excludes halogenated alkanes) is 7. The van der Waals surface area contributed by atoms with Gasteiger partial charge in [-0.15, -0.1) is 0 Å². The van der Waals surface area contributed by atoms with E-state index in [1.807, 2.05) is 0 Å². The van der Waals surface area contributed by atoms with E-state index < -0.39 is 34.4 Å². The third kappa shape index (κ3) is 13.0. The number of hydrogen-bond donors (Lipinski definition) is 0. The Morgan fingerprint density at radius 1 is 0.682 bits per heavy atom. The third-order valence-electron chi connectivity index (χ3n) is 3.04. The topological polar surface area (TPSA) is 57.2 Å². The fourth-order valence-corrected chi connectivity index (χ4v) is 2.24. The van der Waals surface area contributed by atoms with Crippen molar-refractivity contribution in [2.45, 2.75) is 75.6 Å². The molecule has 0 aromatic rings. The molecule has 10 heteroatoms. The van der Waals surface area contributed by atoms with Gasteiger partial charge in [-0.05, 0) is 12.8 Å². The van der Waals surface area contributed by atoms with Gasteiger partial charge in [0.1, 0.15) is 0 Å². The van der Waals surface area contributed by atoms with Gasteiger partial charge in [-0.25, -0.2) is 8.42 Å². The Labute approximate surface area is 150 Å². The summed E-state index contributed by atoms with van der Waals surface area (Å²) in [4.78, 5) is 0. The molecule has 0 saturated heterocycles. The van der Waals surface area contributed by atoms with Gasteiger partial charge in [0, 0.05) is 12.8 Å². The molecule has 22 heavy (non-hydrogen) atoms. The van der Waals surface area contributed by atoms with Crippen molar-refractivity contribution in [3.63, 3.8) is 0 Å². The maximum Gasteiger partial charge on any atom is 1.00 e. The second-order valence-electron chi connectivity index (χ2n) is 5.04. The predicted molar refractivity (Wildman–Crippen MR) is 66.9 cm³/mol. The van der Waals surface area contributed by atoms with Gasteiger partial charge in [0.05, 0.1) is 0 Å². The van der Waals surface area contributed by atoms with Crippen molar-refractivity contribution in [2.24, 2.45) is 0 Å². The van der Waals surface area contributed by atoms with Crippen LogP contribution in [0.1, 0.15) is 64.2 Å². The maximum absolute atomic E-state index is 12.7. The summed E-state index contributed by atoms with van der Waals surface area (Å²) in [5.74, 6) is 0. The SMILES string of the molecule is O=S(=O)([O-])C(F)(F)CCCCCCCCCCC(F)(F)F.[Na+]. The molecule has 0 amide bonds. The third-order valence-corrected chi connectivity index (χ3v) is 3.98. The summed E-state index contributed by atoms with van der Waals surface area (Å²) in [6.07, 6.45) is -2.35. The van der Waals surface area contributed by atoms with Crippen LogP contribution in [0, 0.1) is 0 Å². The summed E-state index contributed by atoms with van der Waals surface area (Å²) in [5, 5.41) is -4.22. The molecule has 0 heterocycles. The maximum atomic E-state index is 12.7. The minimum absolute atomic E-state index is 0. The van der Waals surface area contributed by atoms with Crippen molar-refractivity contribution < 1.29 is 64.5 Å². The van der Waals surface area contributed by atoms with E-state index in [0.29, 0.717) is 38.5 Å². The van der Waals surface area contributed by atoms with E-state index in [0.717, 1.165) is 0 Å². The van der Waals surface area contributed by atoms with Crippen LogP contribution in [0.25, 0.3) is 0 Å². The van der Waals surface area contributed by atoms with E-state index in [1.165, 1.54) is 0 Å². The molecule has 0 aliphatic rings. The van der Waals surface area contributed by atoms with Crippen LogP contribution in [0.3, 0.4) is 0 Å². The Morgan fingerprint density at radius 3 is 1.32 bits per heavy atom. The molecule has 0 aliphatic heterocycles. The molecule has 0 aromatic heterocycles. The summed E-state index contributed by atoms with van der Waals surface area (Å²) < 4.78 is 91.6. The van der Waals surface area contributed by atoms with Crippen LogP contribution in [0.15, 0.2) is 0 Å². The number of alkyl halides is 5. The standard InChI is InChI=1S/C12H21F5O3S.Na/c13-11(14,15)9-7-5-3-1-2-4-6-8-10-12(16,17)21(18,19)20;/h1-10H2,(H,18,19,20);/q;+1/p-1. The molecule has 0 saturated carbocycles. The quantitative estimate of drug-likeness (QED) is 0.243. The molecule has 128 valence electrons. The van der Waals surface area contributed by atoms with E-state index in [-0.39, 0.29) is 42.4 Å². The first-order valence-corrected chi connectivity index (χ1v) is 8.26. The monoisotopic (exact) mass is 362 g/mol. The minimum atomic E-state index is -5.60. The largest absolute Gasteiger partial charge is 1.00 e. The van der Waals surface area contributed by atoms with E-state index in [1.54, 1.807) is 0 Å². The number of halogens is 5. The van der Waals surface area contributed by atoms with Crippen LogP contribution >= 0.6 is 0 Å². The molecular weight excluding hydrogens is 342 g/mol. The zero-order valence-corrected chi connectivity index (χ0v) is 15.4. The summed E-state index contributed by atoms with van der Waals surface area (Å²) in [5.41, 5.74) is 0. The Kier molecular flexibility index (Phi) is 12.6. The van der Waals surface area contributed by atoms with Gasteiger partial charge in [-0.1, -0.05) is 38.5 Å². The van der Waals surface area contributed by atoms with E-state index in [9.17, 15) is 34.9 Å². The molecule has 0 rings (SSSR count). The summed E-state index contributed by atoms with van der Waals surface area (Å²) >= 11 is 0. The smallest absolute Gasteiger partial charge is 0.743 e. The van der Waals surface area contributed by atoms with Crippen LogP contribution in [0.4, 0.5) is 22.0 Å². The minimum Gasteiger partial charge on any atom is -0.743 e. The van der Waals surface area contributed by atoms with E-state index in [4.69, 9.17) is 0 Å². The molecule has 3 nitrogen and oxygen atoms in total. The molecule has 0 spiro atoms. The van der Waals surface area contributed by atoms with Crippen LogP contribution < -0.4 is 29.6 Å². The molecule has 0 radical (unpaired) electrons. The number of rotatable bonds is 11. The average molecular weight is 362 g/mol. The summed E-state index contributed by atoms with van der Waals surface area (Å²) in [7, 11) is -5.60. The van der Waals surface area contributed by atoms with Crippen molar-refractivity contribution in [1.29, 1.82) is 0 Å². The zero-order chi connectivity index (χ0) is 16.6. The van der Waals surface area contributed by atoms with Crippen molar-refractivity contribution in [3.05, 3.63) is 0 Å². The fourth-order valence-electron chi connectivity index (χ4n) is 1.84. The van der Waals surface area contributed by atoms with Crippen LogP contribution in [-0.2, 0) is 10.1 Å². The fraction of sp³-hybridized carbons (Fsp3) is 1.00. The Morgan fingerprint density at radius 2 is 1.00 bits per heavy atom. The van der Waals surface area contributed by atoms with Gasteiger partial charge < -0.3 is 4.55 Å². The zero-order valence-electron chi connectivity index (χ0n) is 12.6. The van der Waals surface area contributed by atoms with Crippen molar-refractivity contribution in [1.82, 2.24) is 0 Å². The van der Waals surface area contributed by atoms with Crippen molar-refractivity contribution in [2.75, 3.05) is 0 Å². The molecule has 0 atom stereocenters. The van der Waals surface area contributed by atoms with Crippen LogP contribution in [0.5, 0.6) is 0 Å². The first-order valence-electron chi connectivity index (χ1n) is 6.86. The molecule has 0 bridgehead atoms. The van der Waals surface area contributed by atoms with Gasteiger partial charge >= 0.3 is 41.0 Å². The van der Waals surface area contributed by atoms with E-state index >= 15 is 0 Å². The Bertz CT molecular complexity index is 385. The van der Waals surface area contributed by atoms with Gasteiger partial charge in [-0.3, -0.25) is 0 Å². The van der Waals surface area contributed by atoms with Gasteiger partial charge in [-0.2, -0.15) is 22.0 Å². The molecule has 0 fully saturated rings. The summed E-state index contributed by atoms with van der Waals surface area (Å²) in [6.45, 7) is 0. The summed E-state index contributed by atoms with van der Waals surface area (Å²) in [6, 6.07) is 0. The molecular formula is C12H20F5NaO3S. The first-order chi connectivity index (χ1) is 9.46. The normalized spacial score (nSPS) is 13.0. The van der Waals surface area contributed by atoms with Crippen LogP contribution in [0.2, 0.25) is 0 Å². The average Bonchev–Trinajstić information content (AvgIpc) is 2.28. The molecule has 0 aromatic carbocycles. The van der Waals surface area contributed by atoms with E-state index in [2.05, 4.69) is 0 Å². The Balaban J connectivity index is 0. The van der Waals surface area contributed by atoms with Gasteiger partial charge in [0.2, 0.25) is 0 Å². The Hall–Kier alpha value is 0.560. The first kappa shape index (κ1) is 24.8. The second-order valence-corrected chi connectivity index (χ2v) is 6.54. The van der Waals surface area contributed by atoms with Crippen molar-refractivity contribution >= 4 is 10.1 Å².